The molecule has 0 unspecified atom stereocenters. The number of nitrogen functional groups attached to an aromatic ring is 1. The minimum Gasteiger partial charge on any atom is -0.508 e. The Morgan fingerprint density at radius 2 is 1.62 bits per heavy atom. The number of carbonyl (C=O) groups excluding carboxylic acids is 2. The summed E-state index contributed by atoms with van der Waals surface area (Å²) in [6.45, 7) is 0. The third-order valence-electron chi connectivity index (χ3n) is 5.71. The standard InChI is InChI=1S/C28H26N6O3/c29-26(30)20-2-1-3-22(15-20)33-25(14-17-4-10-23(35)11-5-17)28(37)34-21-8-6-18(7-9-21)19-12-13-32-24(16-19)27(31)36/h1-13,15-16,25,33,35H,14H2,(H3,29,30)(H2,31,36)(H,34,37)/t25-/m0/s1. The zero-order valence-electron chi connectivity index (χ0n) is 19.8. The van der Waals surface area contributed by atoms with E-state index in [-0.39, 0.29) is 23.2 Å². The number of anilines is 2. The van der Waals surface area contributed by atoms with Gasteiger partial charge in [-0.2, -0.15) is 0 Å². The number of benzene rings is 3. The van der Waals surface area contributed by atoms with Gasteiger partial charge in [0.2, 0.25) is 5.91 Å². The Morgan fingerprint density at radius 1 is 0.892 bits per heavy atom. The summed E-state index contributed by atoms with van der Waals surface area (Å²) in [7, 11) is 0. The Labute approximate surface area is 213 Å². The lowest BCUT2D eigenvalue weighted by Crippen LogP contribution is -2.36. The minimum absolute atomic E-state index is 0.0691. The summed E-state index contributed by atoms with van der Waals surface area (Å²) in [5.74, 6) is -0.801. The van der Waals surface area contributed by atoms with Crippen LogP contribution in [0, 0.1) is 5.41 Å². The number of amidine groups is 1. The largest absolute Gasteiger partial charge is 0.508 e. The Hall–Kier alpha value is -5.18. The van der Waals surface area contributed by atoms with E-state index in [1.54, 1.807) is 72.8 Å². The van der Waals surface area contributed by atoms with Gasteiger partial charge in [0.05, 0.1) is 0 Å². The fourth-order valence-corrected chi connectivity index (χ4v) is 3.77. The van der Waals surface area contributed by atoms with Gasteiger partial charge in [-0.3, -0.25) is 20.0 Å². The Bertz CT molecular complexity index is 1440. The van der Waals surface area contributed by atoms with Gasteiger partial charge in [-0.15, -0.1) is 0 Å². The molecule has 2 amide bonds. The van der Waals surface area contributed by atoms with E-state index in [1.165, 1.54) is 6.20 Å². The summed E-state index contributed by atoms with van der Waals surface area (Å²) < 4.78 is 0. The number of phenols is 1. The number of pyridine rings is 1. The number of hydrogen-bond donors (Lipinski definition) is 6. The van der Waals surface area contributed by atoms with Crippen LogP contribution in [-0.4, -0.2) is 33.8 Å². The third kappa shape index (κ3) is 6.49. The Balaban J connectivity index is 1.53. The fourth-order valence-electron chi connectivity index (χ4n) is 3.77. The molecule has 0 radical (unpaired) electrons. The van der Waals surface area contributed by atoms with Crippen molar-refractivity contribution >= 4 is 29.0 Å². The number of primary amides is 1. The van der Waals surface area contributed by atoms with Crippen molar-refractivity contribution in [3.8, 4) is 16.9 Å². The van der Waals surface area contributed by atoms with Crippen molar-refractivity contribution in [1.82, 2.24) is 4.98 Å². The van der Waals surface area contributed by atoms with E-state index >= 15 is 0 Å². The normalized spacial score (nSPS) is 11.4. The molecule has 4 rings (SSSR count). The summed E-state index contributed by atoms with van der Waals surface area (Å²) in [6, 6.07) is 23.6. The molecular weight excluding hydrogens is 468 g/mol. The van der Waals surface area contributed by atoms with Crippen molar-refractivity contribution in [3.05, 3.63) is 108 Å². The highest BCUT2D eigenvalue weighted by atomic mass is 16.3. The van der Waals surface area contributed by atoms with E-state index in [1.807, 2.05) is 12.1 Å². The summed E-state index contributed by atoms with van der Waals surface area (Å²) >= 11 is 0. The summed E-state index contributed by atoms with van der Waals surface area (Å²) in [5.41, 5.74) is 15.4. The summed E-state index contributed by atoms with van der Waals surface area (Å²) in [5, 5.41) is 23.5. The van der Waals surface area contributed by atoms with Gasteiger partial charge < -0.3 is 27.2 Å². The molecule has 4 aromatic rings. The number of nitrogens with zero attached hydrogens (tertiary/aromatic N) is 1. The molecule has 1 aromatic heterocycles. The summed E-state index contributed by atoms with van der Waals surface area (Å²) in [6.07, 6.45) is 1.87. The number of carbonyl (C=O) groups is 2. The molecule has 0 aliphatic carbocycles. The van der Waals surface area contributed by atoms with E-state index in [9.17, 15) is 14.7 Å². The lowest BCUT2D eigenvalue weighted by molar-refractivity contribution is -0.116. The molecule has 0 aliphatic heterocycles. The highest BCUT2D eigenvalue weighted by molar-refractivity contribution is 5.98. The molecule has 37 heavy (non-hydrogen) atoms. The first-order valence-corrected chi connectivity index (χ1v) is 11.4. The predicted octanol–water partition coefficient (Wildman–Crippen LogP) is 3.50. The number of aromatic nitrogens is 1. The van der Waals surface area contributed by atoms with Crippen LogP contribution in [0.1, 0.15) is 21.6 Å². The predicted molar refractivity (Wildman–Crippen MR) is 144 cm³/mol. The van der Waals surface area contributed by atoms with E-state index < -0.39 is 11.9 Å². The van der Waals surface area contributed by atoms with E-state index in [4.69, 9.17) is 16.9 Å². The second-order valence-electron chi connectivity index (χ2n) is 8.42. The monoisotopic (exact) mass is 494 g/mol. The Kier molecular flexibility index (Phi) is 7.44. The van der Waals surface area contributed by atoms with Crippen LogP contribution in [-0.2, 0) is 11.2 Å². The molecule has 1 atom stereocenters. The van der Waals surface area contributed by atoms with Crippen LogP contribution in [0.3, 0.4) is 0 Å². The molecule has 0 spiro atoms. The number of phenolic OH excluding ortho intramolecular Hbond substituents is 1. The highest BCUT2D eigenvalue weighted by Crippen LogP contribution is 2.23. The average molecular weight is 495 g/mol. The molecule has 186 valence electrons. The maximum Gasteiger partial charge on any atom is 0.267 e. The summed E-state index contributed by atoms with van der Waals surface area (Å²) in [4.78, 5) is 28.7. The molecule has 1 heterocycles. The SMILES string of the molecule is N=C(N)c1cccc(N[C@@H](Cc2ccc(O)cc2)C(=O)Nc2ccc(-c3ccnc(C(N)=O)c3)cc2)c1. The van der Waals surface area contributed by atoms with E-state index in [0.29, 0.717) is 23.4 Å². The van der Waals surface area contributed by atoms with Crippen molar-refractivity contribution in [1.29, 1.82) is 5.41 Å². The smallest absolute Gasteiger partial charge is 0.267 e. The number of hydrogen-bond acceptors (Lipinski definition) is 6. The molecule has 0 aliphatic rings. The number of amides is 2. The van der Waals surface area contributed by atoms with Gasteiger partial charge in [-0.05, 0) is 65.2 Å². The fraction of sp³-hybridized carbons (Fsp3) is 0.0714. The van der Waals surface area contributed by atoms with Gasteiger partial charge in [0.1, 0.15) is 23.3 Å². The molecule has 0 fully saturated rings. The number of rotatable bonds is 9. The first-order valence-electron chi connectivity index (χ1n) is 11.4. The first kappa shape index (κ1) is 24.9. The van der Waals surface area contributed by atoms with Gasteiger partial charge in [-0.1, -0.05) is 36.4 Å². The molecule has 0 saturated heterocycles. The van der Waals surface area contributed by atoms with Crippen LogP contribution >= 0.6 is 0 Å². The maximum atomic E-state index is 13.3. The zero-order valence-corrected chi connectivity index (χ0v) is 19.8. The van der Waals surface area contributed by atoms with Crippen molar-refractivity contribution < 1.29 is 14.7 Å². The zero-order chi connectivity index (χ0) is 26.4. The topological polar surface area (TPSA) is 167 Å². The third-order valence-corrected chi connectivity index (χ3v) is 5.71. The number of nitrogens with two attached hydrogens (primary N) is 2. The first-order chi connectivity index (χ1) is 17.8. The van der Waals surface area contributed by atoms with Crippen molar-refractivity contribution in [2.45, 2.75) is 12.5 Å². The quantitative estimate of drug-likeness (QED) is 0.154. The molecule has 9 nitrogen and oxygen atoms in total. The molecule has 0 bridgehead atoms. The lowest BCUT2D eigenvalue weighted by Gasteiger charge is -2.20. The highest BCUT2D eigenvalue weighted by Gasteiger charge is 2.20. The van der Waals surface area contributed by atoms with Crippen molar-refractivity contribution in [2.75, 3.05) is 10.6 Å². The van der Waals surface area contributed by atoms with Crippen molar-refractivity contribution in [2.24, 2.45) is 11.5 Å². The second kappa shape index (κ2) is 11.0. The Morgan fingerprint density at radius 3 is 2.30 bits per heavy atom. The van der Waals surface area contributed by atoms with Gasteiger partial charge in [-0.25, -0.2) is 0 Å². The molecule has 8 N–H and O–H groups in total. The van der Waals surface area contributed by atoms with Crippen LogP contribution in [0.15, 0.2) is 91.1 Å². The van der Waals surface area contributed by atoms with Gasteiger partial charge in [0.15, 0.2) is 0 Å². The van der Waals surface area contributed by atoms with Crippen LogP contribution < -0.4 is 22.1 Å². The van der Waals surface area contributed by atoms with Crippen LogP contribution in [0.5, 0.6) is 5.75 Å². The van der Waals surface area contributed by atoms with Crippen LogP contribution in [0.2, 0.25) is 0 Å². The maximum absolute atomic E-state index is 13.3. The van der Waals surface area contributed by atoms with Crippen molar-refractivity contribution in [3.63, 3.8) is 0 Å². The molecular formula is C28H26N6O3. The lowest BCUT2D eigenvalue weighted by atomic mass is 10.0. The average Bonchev–Trinajstić information content (AvgIpc) is 2.90. The molecule has 3 aromatic carbocycles. The number of aromatic hydroxyl groups is 1. The van der Waals surface area contributed by atoms with E-state index in [2.05, 4.69) is 15.6 Å². The van der Waals surface area contributed by atoms with Gasteiger partial charge >= 0.3 is 0 Å². The molecule has 9 heteroatoms. The van der Waals surface area contributed by atoms with E-state index in [0.717, 1.165) is 16.7 Å². The molecule has 0 saturated carbocycles. The van der Waals surface area contributed by atoms with Crippen LogP contribution in [0.25, 0.3) is 11.1 Å². The van der Waals surface area contributed by atoms with Gasteiger partial charge in [0, 0.05) is 29.6 Å². The second-order valence-corrected chi connectivity index (χ2v) is 8.42. The van der Waals surface area contributed by atoms with Gasteiger partial charge in [0.25, 0.3) is 5.91 Å². The minimum atomic E-state index is -0.662. The number of nitrogens with one attached hydrogen (secondary N) is 3. The van der Waals surface area contributed by atoms with Crippen LogP contribution in [0.4, 0.5) is 11.4 Å².